The molecule has 0 aliphatic carbocycles. The summed E-state index contributed by atoms with van der Waals surface area (Å²) < 4.78 is 15.7. The number of halogens is 1. The highest BCUT2D eigenvalue weighted by Gasteiger charge is 2.19. The number of nitrogens with zero attached hydrogens (tertiary/aromatic N) is 2. The van der Waals surface area contributed by atoms with E-state index in [4.69, 9.17) is 0 Å². The van der Waals surface area contributed by atoms with Crippen LogP contribution in [0.1, 0.15) is 36.6 Å². The van der Waals surface area contributed by atoms with Crippen molar-refractivity contribution in [3.8, 4) is 5.69 Å². The van der Waals surface area contributed by atoms with Crippen LogP contribution in [-0.4, -0.2) is 16.1 Å². The van der Waals surface area contributed by atoms with Gasteiger partial charge >= 0.3 is 0 Å². The second-order valence-electron chi connectivity index (χ2n) is 5.12. The van der Waals surface area contributed by atoms with Gasteiger partial charge in [-0.15, -0.1) is 0 Å². The predicted octanol–water partition coefficient (Wildman–Crippen LogP) is 3.13. The van der Waals surface area contributed by atoms with E-state index in [2.05, 4.69) is 10.3 Å². The van der Waals surface area contributed by atoms with Crippen molar-refractivity contribution in [1.82, 2.24) is 14.9 Å². The molecule has 0 radical (unpaired) electrons. The van der Waals surface area contributed by atoms with Crippen LogP contribution in [0.4, 0.5) is 4.39 Å². The van der Waals surface area contributed by atoms with E-state index in [1.165, 1.54) is 12.8 Å². The summed E-state index contributed by atoms with van der Waals surface area (Å²) in [6, 6.07) is 5.64. The first-order valence-electron chi connectivity index (χ1n) is 6.78. The van der Waals surface area contributed by atoms with Gasteiger partial charge in [0.15, 0.2) is 0 Å². The van der Waals surface area contributed by atoms with E-state index in [-0.39, 0.29) is 5.82 Å². The van der Waals surface area contributed by atoms with Crippen LogP contribution in [0.25, 0.3) is 5.69 Å². The van der Waals surface area contributed by atoms with E-state index >= 15 is 0 Å². The van der Waals surface area contributed by atoms with Crippen LogP contribution in [0.5, 0.6) is 0 Å². The Bertz CT molecular complexity index is 571. The van der Waals surface area contributed by atoms with E-state index in [1.54, 1.807) is 19.3 Å². The summed E-state index contributed by atoms with van der Waals surface area (Å²) >= 11 is 0. The molecule has 3 nitrogen and oxygen atoms in total. The highest BCUT2D eigenvalue weighted by Crippen LogP contribution is 2.25. The molecule has 1 aliphatic heterocycles. The topological polar surface area (TPSA) is 29.9 Å². The number of piperidine rings is 1. The summed E-state index contributed by atoms with van der Waals surface area (Å²) in [7, 11) is 0. The first kappa shape index (κ1) is 12.4. The summed E-state index contributed by atoms with van der Waals surface area (Å²) in [5, 5.41) is 3.50. The molecule has 100 valence electrons. The number of imidazole rings is 1. The molecule has 0 spiro atoms. The van der Waals surface area contributed by atoms with Crippen LogP contribution in [0.3, 0.4) is 0 Å². The van der Waals surface area contributed by atoms with Gasteiger partial charge in [-0.05, 0) is 44.0 Å². The Morgan fingerprint density at radius 1 is 1.37 bits per heavy atom. The molecule has 1 aliphatic rings. The molecule has 0 bridgehead atoms. The number of nitrogens with one attached hydrogen (secondary N) is 1. The molecule has 4 heteroatoms. The Kier molecular flexibility index (Phi) is 3.34. The van der Waals surface area contributed by atoms with Crippen LogP contribution in [0.2, 0.25) is 0 Å². The highest BCUT2D eigenvalue weighted by atomic mass is 19.1. The van der Waals surface area contributed by atoms with Crippen molar-refractivity contribution in [1.29, 1.82) is 0 Å². The first-order chi connectivity index (χ1) is 9.25. The molecule has 0 saturated carbocycles. The van der Waals surface area contributed by atoms with Gasteiger partial charge in [-0.25, -0.2) is 9.37 Å². The SMILES string of the molecule is Cc1ccc(-n2cncc2C2CCCCN2)cc1F. The number of benzene rings is 1. The lowest BCUT2D eigenvalue weighted by Crippen LogP contribution is -2.28. The third-order valence-electron chi connectivity index (χ3n) is 3.77. The van der Waals surface area contributed by atoms with Gasteiger partial charge in [0.1, 0.15) is 5.82 Å². The van der Waals surface area contributed by atoms with Crippen LogP contribution >= 0.6 is 0 Å². The van der Waals surface area contributed by atoms with Gasteiger partial charge in [0.25, 0.3) is 0 Å². The highest BCUT2D eigenvalue weighted by molar-refractivity contribution is 5.37. The number of rotatable bonds is 2. The lowest BCUT2D eigenvalue weighted by molar-refractivity contribution is 0.402. The molecule has 1 unspecified atom stereocenters. The molecule has 1 fully saturated rings. The molecule has 1 atom stereocenters. The van der Waals surface area contributed by atoms with Crippen molar-refractivity contribution in [2.45, 2.75) is 32.2 Å². The zero-order chi connectivity index (χ0) is 13.2. The molecule has 2 aromatic rings. The normalized spacial score (nSPS) is 19.6. The van der Waals surface area contributed by atoms with Crippen LogP contribution in [0.15, 0.2) is 30.7 Å². The maximum atomic E-state index is 13.7. The van der Waals surface area contributed by atoms with Gasteiger partial charge in [0.05, 0.1) is 18.2 Å². The van der Waals surface area contributed by atoms with Crippen LogP contribution < -0.4 is 5.32 Å². The van der Waals surface area contributed by atoms with E-state index < -0.39 is 0 Å². The zero-order valence-corrected chi connectivity index (χ0v) is 11.1. The number of aromatic nitrogens is 2. The zero-order valence-electron chi connectivity index (χ0n) is 11.1. The van der Waals surface area contributed by atoms with Gasteiger partial charge in [0.2, 0.25) is 0 Å². The quantitative estimate of drug-likeness (QED) is 0.898. The van der Waals surface area contributed by atoms with Gasteiger partial charge < -0.3 is 9.88 Å². The smallest absolute Gasteiger partial charge is 0.128 e. The molecule has 19 heavy (non-hydrogen) atoms. The molecule has 1 aromatic heterocycles. The average molecular weight is 259 g/mol. The number of aryl methyl sites for hydroxylation is 1. The fraction of sp³-hybridized carbons (Fsp3) is 0.400. The van der Waals surface area contributed by atoms with Gasteiger partial charge in [-0.3, -0.25) is 0 Å². The fourth-order valence-corrected chi connectivity index (χ4v) is 2.61. The maximum absolute atomic E-state index is 13.7. The molecule has 1 aromatic carbocycles. The third-order valence-corrected chi connectivity index (χ3v) is 3.77. The minimum absolute atomic E-state index is 0.172. The van der Waals surface area contributed by atoms with Crippen molar-refractivity contribution >= 4 is 0 Å². The molecule has 1 N–H and O–H groups in total. The summed E-state index contributed by atoms with van der Waals surface area (Å²) in [5.41, 5.74) is 2.62. The van der Waals surface area contributed by atoms with Crippen molar-refractivity contribution in [3.05, 3.63) is 47.8 Å². The number of hydrogen-bond donors (Lipinski definition) is 1. The second-order valence-corrected chi connectivity index (χ2v) is 5.12. The van der Waals surface area contributed by atoms with Crippen molar-refractivity contribution in [2.75, 3.05) is 6.54 Å². The third kappa shape index (κ3) is 2.40. The minimum Gasteiger partial charge on any atom is -0.309 e. The van der Waals surface area contributed by atoms with E-state index in [0.29, 0.717) is 11.6 Å². The maximum Gasteiger partial charge on any atom is 0.128 e. The monoisotopic (exact) mass is 259 g/mol. The van der Waals surface area contributed by atoms with Gasteiger partial charge in [-0.1, -0.05) is 12.5 Å². The summed E-state index contributed by atoms with van der Waals surface area (Å²) in [4.78, 5) is 4.23. The lowest BCUT2D eigenvalue weighted by Gasteiger charge is -2.24. The first-order valence-corrected chi connectivity index (χ1v) is 6.78. The van der Waals surface area contributed by atoms with Crippen molar-refractivity contribution in [3.63, 3.8) is 0 Å². The average Bonchev–Trinajstić information content (AvgIpc) is 2.92. The van der Waals surface area contributed by atoms with Crippen molar-refractivity contribution in [2.24, 2.45) is 0 Å². The van der Waals surface area contributed by atoms with Gasteiger partial charge in [-0.2, -0.15) is 0 Å². The van der Waals surface area contributed by atoms with Crippen molar-refractivity contribution < 1.29 is 4.39 Å². The van der Waals surface area contributed by atoms with Crippen LogP contribution in [-0.2, 0) is 0 Å². The molecular formula is C15H18FN3. The van der Waals surface area contributed by atoms with E-state index in [0.717, 1.165) is 24.3 Å². The Morgan fingerprint density at radius 3 is 3.00 bits per heavy atom. The molecule has 0 amide bonds. The largest absolute Gasteiger partial charge is 0.309 e. The molecule has 2 heterocycles. The Balaban J connectivity index is 1.96. The molecular weight excluding hydrogens is 241 g/mol. The summed E-state index contributed by atoms with van der Waals surface area (Å²) in [5.74, 6) is -0.172. The standard InChI is InChI=1S/C15H18FN3/c1-11-5-6-12(8-13(11)16)19-10-17-9-15(19)14-4-2-3-7-18-14/h5-6,8-10,14,18H,2-4,7H2,1H3. The van der Waals surface area contributed by atoms with Crippen LogP contribution in [0, 0.1) is 12.7 Å². The summed E-state index contributed by atoms with van der Waals surface area (Å²) in [6.45, 7) is 2.81. The Hall–Kier alpha value is -1.68. The summed E-state index contributed by atoms with van der Waals surface area (Å²) in [6.07, 6.45) is 7.20. The predicted molar refractivity (Wildman–Crippen MR) is 72.9 cm³/mol. The Labute approximate surface area is 112 Å². The second kappa shape index (κ2) is 5.13. The Morgan fingerprint density at radius 2 is 2.26 bits per heavy atom. The minimum atomic E-state index is -0.172. The van der Waals surface area contributed by atoms with Gasteiger partial charge in [0, 0.05) is 11.7 Å². The number of hydrogen-bond acceptors (Lipinski definition) is 2. The molecule has 1 saturated heterocycles. The fourth-order valence-electron chi connectivity index (χ4n) is 2.61. The molecule has 3 rings (SSSR count). The lowest BCUT2D eigenvalue weighted by atomic mass is 10.0. The van der Waals surface area contributed by atoms with E-state index in [1.807, 2.05) is 22.9 Å². The van der Waals surface area contributed by atoms with E-state index in [9.17, 15) is 4.39 Å².